The molecule has 1 fully saturated rings. The van der Waals surface area contributed by atoms with Crippen molar-refractivity contribution in [2.24, 2.45) is 0 Å². The number of benzene rings is 3. The van der Waals surface area contributed by atoms with Crippen LogP contribution in [-0.4, -0.2) is 101 Å². The molecule has 0 unspecified atom stereocenters. The summed E-state index contributed by atoms with van der Waals surface area (Å²) in [5, 5.41) is 22.2. The second-order valence-corrected chi connectivity index (χ2v) is 11.6. The van der Waals surface area contributed by atoms with Crippen LogP contribution in [-0.2, 0) is 43.5 Å². The highest BCUT2D eigenvalue weighted by Crippen LogP contribution is 2.31. The van der Waals surface area contributed by atoms with Gasteiger partial charge in [0, 0.05) is 52.4 Å². The number of nitrogens with one attached hydrogen (secondary N) is 4. The zero-order valence-corrected chi connectivity index (χ0v) is 27.7. The Morgan fingerprint density at radius 3 is 1.38 bits per heavy atom. The minimum atomic E-state index is -0.621. The fraction of sp³-hybridized carbons (Fsp3) is 0.514. The molecule has 1 aliphatic rings. The third-order valence-corrected chi connectivity index (χ3v) is 7.87. The average Bonchev–Trinajstić information content (AvgIpc) is 3.11. The highest BCUT2D eigenvalue weighted by Gasteiger charge is 2.47. The van der Waals surface area contributed by atoms with Crippen LogP contribution in [0.5, 0.6) is 0 Å². The summed E-state index contributed by atoms with van der Waals surface area (Å²) in [6.07, 6.45) is -2.20. The summed E-state index contributed by atoms with van der Waals surface area (Å²) < 4.78 is 32.6. The summed E-state index contributed by atoms with van der Waals surface area (Å²) in [5.74, 6) is 0. The minimum Gasteiger partial charge on any atom is -0.395 e. The van der Waals surface area contributed by atoms with Crippen LogP contribution in [0, 0.1) is 0 Å². The molecule has 0 saturated carbocycles. The maximum absolute atomic E-state index is 8.79. The number of rotatable bonds is 24. The van der Waals surface area contributed by atoms with Crippen LogP contribution in [0.25, 0.3) is 0 Å². The normalized spacial score (nSPS) is 21.2. The molecule has 5 N–H and O–H groups in total. The van der Waals surface area contributed by atoms with Gasteiger partial charge in [0.1, 0.15) is 18.3 Å². The number of hydrogen-bond acceptors (Lipinski definition) is 10. The lowest BCUT2D eigenvalue weighted by molar-refractivity contribution is -0.319. The van der Waals surface area contributed by atoms with E-state index in [9.17, 15) is 0 Å². The number of ether oxygens (including phenoxy) is 5. The molecule has 1 aliphatic heterocycles. The monoisotopic (exact) mass is 650 g/mol. The van der Waals surface area contributed by atoms with Crippen LogP contribution in [0.1, 0.15) is 23.6 Å². The molecule has 0 aliphatic carbocycles. The fourth-order valence-electron chi connectivity index (χ4n) is 5.36. The summed E-state index contributed by atoms with van der Waals surface area (Å²) >= 11 is 0. The standard InChI is InChI=1S/C37H54N4O6/c1-30-34(44-27-31-11-5-2-6-12-31)35(45-28-32-13-7-3-8-14-32)36(46-29-33-15-9-4-10-16-33)37(47-30)43-26-24-41-22-20-39-18-17-38-19-21-40-23-25-42/h2-16,30,34-42H,17-29H2,1H3/t30-,34+,35+,36-,37+/m1/s1. The molecule has 10 heteroatoms. The van der Waals surface area contributed by atoms with Crippen molar-refractivity contribution in [2.75, 3.05) is 65.6 Å². The Balaban J connectivity index is 1.31. The Kier molecular flexibility index (Phi) is 18.0. The number of aliphatic hydroxyl groups excluding tert-OH is 1. The molecule has 3 aromatic rings. The van der Waals surface area contributed by atoms with Gasteiger partial charge in [-0.1, -0.05) is 91.0 Å². The van der Waals surface area contributed by atoms with Crippen LogP contribution >= 0.6 is 0 Å². The molecule has 1 saturated heterocycles. The van der Waals surface area contributed by atoms with Gasteiger partial charge in [-0.25, -0.2) is 0 Å². The Morgan fingerprint density at radius 2 is 0.915 bits per heavy atom. The smallest absolute Gasteiger partial charge is 0.186 e. The molecular formula is C37H54N4O6. The van der Waals surface area contributed by atoms with Gasteiger partial charge in [-0.15, -0.1) is 0 Å². The maximum atomic E-state index is 8.79. The molecule has 5 atom stereocenters. The molecule has 0 bridgehead atoms. The fourth-order valence-corrected chi connectivity index (χ4v) is 5.36. The van der Waals surface area contributed by atoms with Gasteiger partial charge in [-0.05, 0) is 23.6 Å². The number of aliphatic hydroxyl groups is 1. The van der Waals surface area contributed by atoms with Crippen molar-refractivity contribution in [3.8, 4) is 0 Å². The van der Waals surface area contributed by atoms with Crippen molar-refractivity contribution < 1.29 is 28.8 Å². The van der Waals surface area contributed by atoms with E-state index in [4.69, 9.17) is 28.8 Å². The molecule has 4 rings (SSSR count). The van der Waals surface area contributed by atoms with E-state index in [1.165, 1.54) is 0 Å². The molecule has 47 heavy (non-hydrogen) atoms. The maximum Gasteiger partial charge on any atom is 0.186 e. The van der Waals surface area contributed by atoms with Crippen molar-refractivity contribution in [2.45, 2.75) is 57.5 Å². The molecule has 0 aromatic heterocycles. The van der Waals surface area contributed by atoms with Crippen LogP contribution in [0.4, 0.5) is 0 Å². The summed E-state index contributed by atoms with van der Waals surface area (Å²) in [4.78, 5) is 0. The van der Waals surface area contributed by atoms with Crippen molar-refractivity contribution in [1.82, 2.24) is 21.3 Å². The third-order valence-electron chi connectivity index (χ3n) is 7.87. The van der Waals surface area contributed by atoms with Crippen LogP contribution in [0.3, 0.4) is 0 Å². The molecule has 0 radical (unpaired) electrons. The van der Waals surface area contributed by atoms with Gasteiger partial charge in [-0.3, -0.25) is 0 Å². The topological polar surface area (TPSA) is 115 Å². The van der Waals surface area contributed by atoms with E-state index in [2.05, 4.69) is 57.7 Å². The van der Waals surface area contributed by atoms with Gasteiger partial charge in [0.25, 0.3) is 0 Å². The predicted octanol–water partition coefficient (Wildman–Crippen LogP) is 2.85. The highest BCUT2D eigenvalue weighted by atomic mass is 16.7. The molecule has 0 amide bonds. The summed E-state index contributed by atoms with van der Waals surface area (Å²) in [6, 6.07) is 30.4. The Bertz CT molecular complexity index is 1180. The average molecular weight is 651 g/mol. The lowest BCUT2D eigenvalue weighted by atomic mass is 9.98. The Hall–Kier alpha value is -2.74. The van der Waals surface area contributed by atoms with Crippen molar-refractivity contribution >= 4 is 0 Å². The Morgan fingerprint density at radius 1 is 0.511 bits per heavy atom. The van der Waals surface area contributed by atoms with E-state index in [-0.39, 0.29) is 18.8 Å². The zero-order chi connectivity index (χ0) is 32.8. The summed E-state index contributed by atoms with van der Waals surface area (Å²) in [5.41, 5.74) is 3.23. The minimum absolute atomic E-state index is 0.170. The predicted molar refractivity (Wildman–Crippen MR) is 184 cm³/mol. The second kappa shape index (κ2) is 22.8. The third kappa shape index (κ3) is 14.1. The van der Waals surface area contributed by atoms with E-state index in [1.807, 2.05) is 61.5 Å². The van der Waals surface area contributed by atoms with Gasteiger partial charge in [-0.2, -0.15) is 0 Å². The molecular weight excluding hydrogens is 596 g/mol. The van der Waals surface area contributed by atoms with E-state index < -0.39 is 18.5 Å². The van der Waals surface area contributed by atoms with Crippen LogP contribution in [0.2, 0.25) is 0 Å². The molecule has 0 spiro atoms. The van der Waals surface area contributed by atoms with Crippen molar-refractivity contribution in [3.05, 3.63) is 108 Å². The summed E-state index contributed by atoms with van der Waals surface area (Å²) in [6.45, 7) is 10.4. The first-order valence-corrected chi connectivity index (χ1v) is 16.9. The number of hydrogen-bond donors (Lipinski definition) is 5. The van der Waals surface area contributed by atoms with Gasteiger partial charge >= 0.3 is 0 Å². The summed E-state index contributed by atoms with van der Waals surface area (Å²) in [7, 11) is 0. The molecule has 10 nitrogen and oxygen atoms in total. The van der Waals surface area contributed by atoms with Crippen molar-refractivity contribution in [3.63, 3.8) is 0 Å². The first kappa shape index (κ1) is 37.1. The van der Waals surface area contributed by atoms with Crippen LogP contribution in [0.15, 0.2) is 91.0 Å². The first-order chi connectivity index (χ1) is 23.2. The van der Waals surface area contributed by atoms with E-state index in [0.717, 1.165) is 56.0 Å². The van der Waals surface area contributed by atoms with Crippen LogP contribution < -0.4 is 21.3 Å². The van der Waals surface area contributed by atoms with E-state index in [1.54, 1.807) is 0 Å². The van der Waals surface area contributed by atoms with Gasteiger partial charge < -0.3 is 50.1 Å². The van der Waals surface area contributed by atoms with Gasteiger partial charge in [0.15, 0.2) is 6.29 Å². The second-order valence-electron chi connectivity index (χ2n) is 11.6. The molecule has 1 heterocycles. The lowest BCUT2D eigenvalue weighted by Crippen LogP contribution is -2.60. The van der Waals surface area contributed by atoms with Gasteiger partial charge in [0.2, 0.25) is 0 Å². The largest absolute Gasteiger partial charge is 0.395 e. The molecule has 3 aromatic carbocycles. The quantitative estimate of drug-likeness (QED) is 0.0928. The highest BCUT2D eigenvalue weighted by molar-refractivity contribution is 5.15. The Labute approximate surface area is 280 Å². The van der Waals surface area contributed by atoms with E-state index >= 15 is 0 Å². The lowest BCUT2D eigenvalue weighted by Gasteiger charge is -2.45. The SMILES string of the molecule is C[C@H]1O[C@H](OCCNCCNCCNCCNCCO)[C@H](OCc2ccccc2)[C@@H](OCc2ccccc2)[C@H]1OCc1ccccc1. The first-order valence-electron chi connectivity index (χ1n) is 16.9. The van der Waals surface area contributed by atoms with E-state index in [0.29, 0.717) is 39.5 Å². The van der Waals surface area contributed by atoms with Gasteiger partial charge in [0.05, 0.1) is 39.1 Å². The molecule has 258 valence electrons. The van der Waals surface area contributed by atoms with Crippen molar-refractivity contribution in [1.29, 1.82) is 0 Å². The zero-order valence-electron chi connectivity index (χ0n) is 27.7.